The number of hydrogen-bond acceptors (Lipinski definition) is 5. The van der Waals surface area contributed by atoms with Crippen LogP contribution in [0.15, 0.2) is 12.5 Å². The van der Waals surface area contributed by atoms with Gasteiger partial charge in [-0.2, -0.15) is 0 Å². The van der Waals surface area contributed by atoms with E-state index in [1.54, 1.807) is 6.33 Å². The Bertz CT molecular complexity index is 817. The lowest BCUT2D eigenvalue weighted by atomic mass is 9.97. The molecule has 1 aliphatic carbocycles. The average Bonchev–Trinajstić information content (AvgIpc) is 3.09. The Balaban J connectivity index is 1.98. The van der Waals surface area contributed by atoms with Crippen LogP contribution >= 0.6 is 11.3 Å². The minimum absolute atomic E-state index is 0.741. The Morgan fingerprint density at radius 3 is 2.86 bits per heavy atom. The van der Waals surface area contributed by atoms with Crippen molar-refractivity contribution in [1.29, 1.82) is 0 Å². The van der Waals surface area contributed by atoms with Gasteiger partial charge < -0.3 is 9.88 Å². The maximum absolute atomic E-state index is 4.80. The molecule has 0 fully saturated rings. The molecule has 0 aromatic carbocycles. The summed E-state index contributed by atoms with van der Waals surface area (Å²) in [5, 5.41) is 4.48. The molecule has 0 radical (unpaired) electrons. The van der Waals surface area contributed by atoms with Gasteiger partial charge in [-0.05, 0) is 31.2 Å². The number of rotatable bonds is 2. The summed E-state index contributed by atoms with van der Waals surface area (Å²) < 4.78 is 1.95. The van der Waals surface area contributed by atoms with Crippen LogP contribution in [0.3, 0.4) is 0 Å². The van der Waals surface area contributed by atoms with Crippen molar-refractivity contribution in [2.24, 2.45) is 7.05 Å². The number of nitrogens with one attached hydrogen (secondary N) is 1. The molecule has 0 bridgehead atoms. The molecule has 0 atom stereocenters. The average molecular weight is 299 g/mol. The highest BCUT2D eigenvalue weighted by molar-refractivity contribution is 7.19. The lowest BCUT2D eigenvalue weighted by Crippen LogP contribution is -2.03. The Labute approximate surface area is 127 Å². The molecule has 3 heterocycles. The lowest BCUT2D eigenvalue weighted by Gasteiger charge is -2.12. The summed E-state index contributed by atoms with van der Waals surface area (Å²) in [5.41, 5.74) is 2.40. The summed E-state index contributed by atoms with van der Waals surface area (Å²) in [7, 11) is 3.90. The Kier molecular flexibility index (Phi) is 2.92. The zero-order valence-electron chi connectivity index (χ0n) is 12.2. The minimum Gasteiger partial charge on any atom is -0.372 e. The van der Waals surface area contributed by atoms with E-state index in [4.69, 9.17) is 9.97 Å². The van der Waals surface area contributed by atoms with Crippen LogP contribution in [-0.4, -0.2) is 26.6 Å². The summed E-state index contributed by atoms with van der Waals surface area (Å²) in [6.45, 7) is 0. The third kappa shape index (κ3) is 1.93. The largest absolute Gasteiger partial charge is 0.372 e. The molecular formula is C15H17N5S. The first-order chi connectivity index (χ1) is 10.3. The second-order valence-corrected chi connectivity index (χ2v) is 6.51. The van der Waals surface area contributed by atoms with E-state index in [1.165, 1.54) is 35.1 Å². The maximum atomic E-state index is 4.80. The molecule has 0 spiro atoms. The maximum Gasteiger partial charge on any atom is 0.181 e. The second kappa shape index (κ2) is 4.80. The van der Waals surface area contributed by atoms with Crippen molar-refractivity contribution in [1.82, 2.24) is 19.5 Å². The summed E-state index contributed by atoms with van der Waals surface area (Å²) in [6, 6.07) is 0. The first-order valence-corrected chi connectivity index (χ1v) is 8.06. The topological polar surface area (TPSA) is 55.6 Å². The summed E-state index contributed by atoms with van der Waals surface area (Å²) in [5.74, 6) is 1.68. The predicted octanol–water partition coefficient (Wildman–Crippen LogP) is 3.01. The molecule has 0 saturated heterocycles. The number of nitrogens with zero attached hydrogens (tertiary/aromatic N) is 4. The van der Waals surface area contributed by atoms with Crippen molar-refractivity contribution < 1.29 is 0 Å². The molecule has 3 aromatic rings. The third-order valence-corrected chi connectivity index (χ3v) is 5.28. The Hall–Kier alpha value is -1.95. The van der Waals surface area contributed by atoms with Crippen molar-refractivity contribution in [2.75, 3.05) is 12.4 Å². The molecule has 0 unspecified atom stereocenters. The van der Waals surface area contributed by atoms with Gasteiger partial charge in [0.1, 0.15) is 16.3 Å². The molecule has 5 nitrogen and oxygen atoms in total. The zero-order chi connectivity index (χ0) is 14.4. The smallest absolute Gasteiger partial charge is 0.181 e. The second-order valence-electron chi connectivity index (χ2n) is 5.43. The van der Waals surface area contributed by atoms with Gasteiger partial charge in [0, 0.05) is 19.0 Å². The van der Waals surface area contributed by atoms with Gasteiger partial charge in [-0.1, -0.05) is 0 Å². The number of hydrogen-bond donors (Lipinski definition) is 1. The van der Waals surface area contributed by atoms with Gasteiger partial charge in [0.05, 0.1) is 17.9 Å². The highest BCUT2D eigenvalue weighted by atomic mass is 32.1. The van der Waals surface area contributed by atoms with E-state index in [1.807, 2.05) is 36.2 Å². The van der Waals surface area contributed by atoms with Gasteiger partial charge in [0.2, 0.25) is 0 Å². The van der Waals surface area contributed by atoms with Crippen molar-refractivity contribution in [2.45, 2.75) is 25.7 Å². The molecule has 4 rings (SSSR count). The van der Waals surface area contributed by atoms with Crippen LogP contribution in [0.1, 0.15) is 23.3 Å². The van der Waals surface area contributed by atoms with Gasteiger partial charge in [0.25, 0.3) is 0 Å². The van der Waals surface area contributed by atoms with Crippen LogP contribution in [0.25, 0.3) is 21.7 Å². The molecular weight excluding hydrogens is 282 g/mol. The van der Waals surface area contributed by atoms with Crippen molar-refractivity contribution in [3.05, 3.63) is 23.0 Å². The number of thiophene rings is 1. The summed E-state index contributed by atoms with van der Waals surface area (Å²) >= 11 is 1.83. The van der Waals surface area contributed by atoms with Crippen molar-refractivity contribution >= 4 is 27.4 Å². The number of aryl methyl sites for hydroxylation is 3. The van der Waals surface area contributed by atoms with E-state index in [9.17, 15) is 0 Å². The highest BCUT2D eigenvalue weighted by Gasteiger charge is 2.21. The highest BCUT2D eigenvalue weighted by Crippen LogP contribution is 2.39. The molecule has 0 aliphatic heterocycles. The van der Waals surface area contributed by atoms with E-state index < -0.39 is 0 Å². The lowest BCUT2D eigenvalue weighted by molar-refractivity contribution is 0.700. The van der Waals surface area contributed by atoms with Crippen LogP contribution < -0.4 is 5.32 Å². The zero-order valence-corrected chi connectivity index (χ0v) is 13.0. The fourth-order valence-corrected chi connectivity index (χ4v) is 4.29. The minimum atomic E-state index is 0.741. The third-order valence-electron chi connectivity index (χ3n) is 4.10. The summed E-state index contributed by atoms with van der Waals surface area (Å²) in [6.07, 6.45) is 8.48. The van der Waals surface area contributed by atoms with Gasteiger partial charge >= 0.3 is 0 Å². The number of aromatic nitrogens is 4. The normalized spacial score (nSPS) is 14.4. The van der Waals surface area contributed by atoms with E-state index in [0.717, 1.165) is 28.6 Å². The molecule has 6 heteroatoms. The number of fused-ring (bicyclic) bond motifs is 3. The van der Waals surface area contributed by atoms with E-state index in [-0.39, 0.29) is 0 Å². The van der Waals surface area contributed by atoms with Crippen LogP contribution in [0.5, 0.6) is 0 Å². The fourth-order valence-electron chi connectivity index (χ4n) is 3.03. The van der Waals surface area contributed by atoms with Crippen molar-refractivity contribution in [3.63, 3.8) is 0 Å². The summed E-state index contributed by atoms with van der Waals surface area (Å²) in [4.78, 5) is 16.3. The first-order valence-electron chi connectivity index (χ1n) is 7.24. The van der Waals surface area contributed by atoms with Gasteiger partial charge in [-0.15, -0.1) is 11.3 Å². The first kappa shape index (κ1) is 12.8. The van der Waals surface area contributed by atoms with Crippen molar-refractivity contribution in [3.8, 4) is 11.5 Å². The van der Waals surface area contributed by atoms with Gasteiger partial charge in [-0.3, -0.25) is 0 Å². The van der Waals surface area contributed by atoms with Crippen LogP contribution in [-0.2, 0) is 19.9 Å². The molecule has 3 aromatic heterocycles. The van der Waals surface area contributed by atoms with Gasteiger partial charge in [-0.25, -0.2) is 15.0 Å². The fraction of sp³-hybridized carbons (Fsp3) is 0.400. The molecule has 0 amide bonds. The van der Waals surface area contributed by atoms with E-state index in [2.05, 4.69) is 10.3 Å². The molecule has 21 heavy (non-hydrogen) atoms. The number of imidazole rings is 1. The standard InChI is InChI=1S/C15H17N5S/c1-16-14-12-9-5-3-4-6-11(9)21-15(12)19-13(18-14)10-7-17-8-20(10)2/h7-8H,3-6H2,1-2H3,(H,16,18,19). The molecule has 108 valence electrons. The van der Waals surface area contributed by atoms with Crippen LogP contribution in [0.2, 0.25) is 0 Å². The number of anilines is 1. The predicted molar refractivity (Wildman–Crippen MR) is 85.8 cm³/mol. The Morgan fingerprint density at radius 1 is 1.24 bits per heavy atom. The molecule has 0 saturated carbocycles. The van der Waals surface area contributed by atoms with E-state index >= 15 is 0 Å². The van der Waals surface area contributed by atoms with Gasteiger partial charge in [0.15, 0.2) is 5.82 Å². The molecule has 1 N–H and O–H groups in total. The SMILES string of the molecule is CNc1nc(-c2cncn2C)nc2sc3c(c12)CCCC3. The monoisotopic (exact) mass is 299 g/mol. The Morgan fingerprint density at radius 2 is 2.10 bits per heavy atom. The van der Waals surface area contributed by atoms with E-state index in [0.29, 0.717) is 0 Å². The van der Waals surface area contributed by atoms with Crippen LogP contribution in [0.4, 0.5) is 5.82 Å². The molecule has 1 aliphatic rings. The quantitative estimate of drug-likeness (QED) is 0.790. The van der Waals surface area contributed by atoms with Crippen LogP contribution in [0, 0.1) is 0 Å².